The Labute approximate surface area is 106 Å². The van der Waals surface area contributed by atoms with Crippen molar-refractivity contribution in [3.05, 3.63) is 29.6 Å². The van der Waals surface area contributed by atoms with E-state index in [2.05, 4.69) is 15.6 Å². The normalized spacial score (nSPS) is 14.1. The Morgan fingerprint density at radius 1 is 1.39 bits per heavy atom. The number of nitrogens with zero attached hydrogens (tertiary/aromatic N) is 1. The fraction of sp³-hybridized carbons (Fsp3) is 0.462. The van der Waals surface area contributed by atoms with Gasteiger partial charge in [0, 0.05) is 24.3 Å². The lowest BCUT2D eigenvalue weighted by Gasteiger charge is -2.06. The predicted octanol–water partition coefficient (Wildman–Crippen LogP) is 1.11. The van der Waals surface area contributed by atoms with Gasteiger partial charge in [0.2, 0.25) is 0 Å². The second-order valence-corrected chi connectivity index (χ2v) is 4.43. The summed E-state index contributed by atoms with van der Waals surface area (Å²) in [5.41, 5.74) is 0.769. The summed E-state index contributed by atoms with van der Waals surface area (Å²) >= 11 is 0. The van der Waals surface area contributed by atoms with Crippen LogP contribution in [0.1, 0.15) is 47.0 Å². The van der Waals surface area contributed by atoms with Gasteiger partial charge < -0.3 is 10.6 Å². The topological polar surface area (TPSA) is 71.1 Å². The van der Waals surface area contributed by atoms with Gasteiger partial charge in [-0.15, -0.1) is 0 Å². The maximum absolute atomic E-state index is 11.8. The van der Waals surface area contributed by atoms with Crippen molar-refractivity contribution in [1.82, 2.24) is 15.6 Å². The van der Waals surface area contributed by atoms with Gasteiger partial charge >= 0.3 is 0 Å². The molecule has 0 atom stereocenters. The van der Waals surface area contributed by atoms with Crippen LogP contribution in [0, 0.1) is 0 Å². The summed E-state index contributed by atoms with van der Waals surface area (Å²) in [7, 11) is 0. The van der Waals surface area contributed by atoms with Gasteiger partial charge in [-0.05, 0) is 31.4 Å². The maximum Gasteiger partial charge on any atom is 0.270 e. The lowest BCUT2D eigenvalue weighted by molar-refractivity contribution is 0.0946. The fourth-order valence-corrected chi connectivity index (χ4v) is 1.52. The summed E-state index contributed by atoms with van der Waals surface area (Å²) < 4.78 is 0. The van der Waals surface area contributed by atoms with Crippen LogP contribution in [-0.2, 0) is 0 Å². The SMILES string of the molecule is CCCNC(=O)c1ccnc(C(=O)NC2CC2)c1. The number of nitrogens with one attached hydrogen (secondary N) is 2. The number of carbonyl (C=O) groups is 2. The van der Waals surface area contributed by atoms with Gasteiger partial charge in [-0.1, -0.05) is 6.92 Å². The van der Waals surface area contributed by atoms with E-state index in [1.807, 2.05) is 6.92 Å². The zero-order valence-corrected chi connectivity index (χ0v) is 10.4. The minimum atomic E-state index is -0.206. The van der Waals surface area contributed by atoms with Gasteiger partial charge in [-0.25, -0.2) is 0 Å². The van der Waals surface area contributed by atoms with Gasteiger partial charge in [-0.3, -0.25) is 14.6 Å². The summed E-state index contributed by atoms with van der Waals surface area (Å²) in [5, 5.41) is 5.62. The zero-order valence-electron chi connectivity index (χ0n) is 10.4. The van der Waals surface area contributed by atoms with Gasteiger partial charge in [0.25, 0.3) is 11.8 Å². The van der Waals surface area contributed by atoms with Crippen LogP contribution < -0.4 is 10.6 Å². The second kappa shape index (κ2) is 5.62. The van der Waals surface area contributed by atoms with Gasteiger partial charge in [-0.2, -0.15) is 0 Å². The third-order valence-electron chi connectivity index (χ3n) is 2.70. The first kappa shape index (κ1) is 12.5. The molecule has 18 heavy (non-hydrogen) atoms. The number of carbonyl (C=O) groups excluding carboxylic acids is 2. The molecule has 0 aromatic carbocycles. The highest BCUT2D eigenvalue weighted by Gasteiger charge is 2.24. The molecule has 1 aromatic heterocycles. The summed E-state index contributed by atoms with van der Waals surface area (Å²) in [6, 6.07) is 3.43. The molecular weight excluding hydrogens is 230 g/mol. The smallest absolute Gasteiger partial charge is 0.270 e. The van der Waals surface area contributed by atoms with Crippen molar-refractivity contribution >= 4 is 11.8 Å². The molecule has 0 spiro atoms. The van der Waals surface area contributed by atoms with E-state index in [9.17, 15) is 9.59 Å². The summed E-state index contributed by atoms with van der Waals surface area (Å²) in [5.74, 6) is -0.373. The predicted molar refractivity (Wildman–Crippen MR) is 67.3 cm³/mol. The Bertz CT molecular complexity index is 455. The maximum atomic E-state index is 11.8. The van der Waals surface area contributed by atoms with Crippen molar-refractivity contribution < 1.29 is 9.59 Å². The molecule has 5 heteroatoms. The number of rotatable bonds is 5. The molecule has 0 saturated heterocycles. The Kier molecular flexibility index (Phi) is 3.92. The average molecular weight is 247 g/mol. The number of hydrogen-bond donors (Lipinski definition) is 2. The zero-order chi connectivity index (χ0) is 13.0. The molecule has 2 amide bonds. The molecular formula is C13H17N3O2. The van der Waals surface area contributed by atoms with E-state index in [1.165, 1.54) is 12.3 Å². The van der Waals surface area contributed by atoms with Crippen molar-refractivity contribution in [3.8, 4) is 0 Å². The Morgan fingerprint density at radius 2 is 2.17 bits per heavy atom. The fourth-order valence-electron chi connectivity index (χ4n) is 1.52. The Balaban J connectivity index is 2.03. The highest BCUT2D eigenvalue weighted by atomic mass is 16.2. The van der Waals surface area contributed by atoms with E-state index in [0.717, 1.165) is 19.3 Å². The molecule has 0 aliphatic heterocycles. The molecule has 2 rings (SSSR count). The molecule has 1 aliphatic rings. The van der Waals surface area contributed by atoms with Crippen LogP contribution in [0.2, 0.25) is 0 Å². The van der Waals surface area contributed by atoms with E-state index >= 15 is 0 Å². The molecule has 0 radical (unpaired) electrons. The number of amides is 2. The molecule has 1 aliphatic carbocycles. The third-order valence-corrected chi connectivity index (χ3v) is 2.70. The standard InChI is InChI=1S/C13H17N3O2/c1-2-6-15-12(17)9-5-7-14-11(8-9)13(18)16-10-3-4-10/h5,7-8,10H,2-4,6H2,1H3,(H,15,17)(H,16,18). The lowest BCUT2D eigenvalue weighted by atomic mass is 10.2. The number of aromatic nitrogens is 1. The van der Waals surface area contributed by atoms with E-state index in [1.54, 1.807) is 6.07 Å². The third kappa shape index (κ3) is 3.29. The van der Waals surface area contributed by atoms with Crippen LogP contribution in [0.15, 0.2) is 18.3 Å². The monoisotopic (exact) mass is 247 g/mol. The van der Waals surface area contributed by atoms with Gasteiger partial charge in [0.15, 0.2) is 0 Å². The average Bonchev–Trinajstić information content (AvgIpc) is 3.20. The van der Waals surface area contributed by atoms with Crippen molar-refractivity contribution in [2.24, 2.45) is 0 Å². The molecule has 2 N–H and O–H groups in total. The van der Waals surface area contributed by atoms with Crippen LogP contribution in [0.3, 0.4) is 0 Å². The Morgan fingerprint density at radius 3 is 2.83 bits per heavy atom. The van der Waals surface area contributed by atoms with Crippen LogP contribution in [-0.4, -0.2) is 29.4 Å². The van der Waals surface area contributed by atoms with Gasteiger partial charge in [0.05, 0.1) is 0 Å². The number of hydrogen-bond acceptors (Lipinski definition) is 3. The largest absolute Gasteiger partial charge is 0.352 e. The van der Waals surface area contributed by atoms with Crippen LogP contribution in [0.5, 0.6) is 0 Å². The molecule has 1 aromatic rings. The molecule has 0 unspecified atom stereocenters. The quantitative estimate of drug-likeness (QED) is 0.819. The molecule has 96 valence electrons. The summed E-state index contributed by atoms with van der Waals surface area (Å²) in [4.78, 5) is 27.5. The minimum Gasteiger partial charge on any atom is -0.352 e. The first-order chi connectivity index (χ1) is 8.70. The van der Waals surface area contributed by atoms with E-state index < -0.39 is 0 Å². The summed E-state index contributed by atoms with van der Waals surface area (Å²) in [6.07, 6.45) is 4.43. The van der Waals surface area contributed by atoms with Crippen LogP contribution in [0.4, 0.5) is 0 Å². The van der Waals surface area contributed by atoms with Gasteiger partial charge in [0.1, 0.15) is 5.69 Å². The van der Waals surface area contributed by atoms with E-state index in [-0.39, 0.29) is 17.9 Å². The molecule has 1 saturated carbocycles. The lowest BCUT2D eigenvalue weighted by Crippen LogP contribution is -2.28. The molecule has 1 fully saturated rings. The first-order valence-corrected chi connectivity index (χ1v) is 6.26. The first-order valence-electron chi connectivity index (χ1n) is 6.26. The molecule has 1 heterocycles. The minimum absolute atomic E-state index is 0.167. The van der Waals surface area contributed by atoms with Crippen molar-refractivity contribution in [3.63, 3.8) is 0 Å². The number of pyridine rings is 1. The summed E-state index contributed by atoms with van der Waals surface area (Å²) in [6.45, 7) is 2.62. The van der Waals surface area contributed by atoms with Crippen LogP contribution >= 0.6 is 0 Å². The molecule has 5 nitrogen and oxygen atoms in total. The van der Waals surface area contributed by atoms with Crippen molar-refractivity contribution in [2.75, 3.05) is 6.54 Å². The molecule has 0 bridgehead atoms. The highest BCUT2D eigenvalue weighted by Crippen LogP contribution is 2.19. The second-order valence-electron chi connectivity index (χ2n) is 4.43. The van der Waals surface area contributed by atoms with E-state index in [4.69, 9.17) is 0 Å². The van der Waals surface area contributed by atoms with Crippen LogP contribution in [0.25, 0.3) is 0 Å². The highest BCUT2D eigenvalue weighted by molar-refractivity contribution is 5.98. The van der Waals surface area contributed by atoms with Crippen molar-refractivity contribution in [2.45, 2.75) is 32.2 Å². The Hall–Kier alpha value is -1.91. The van der Waals surface area contributed by atoms with Crippen molar-refractivity contribution in [1.29, 1.82) is 0 Å². The van der Waals surface area contributed by atoms with E-state index in [0.29, 0.717) is 17.8 Å².